The number of aliphatic hydroxyl groups excluding tert-OH is 1. The Kier molecular flexibility index (Phi) is 15.6. The molecule has 374 valence electrons. The molecule has 2 aromatic carbocycles. The van der Waals surface area contributed by atoms with Gasteiger partial charge in [-0.3, -0.25) is 18.7 Å². The fraction of sp³-hybridized carbons (Fsp3) is 0.444. The number of thiophene rings is 2. The number of carbonyl (C=O) groups excluding carboxylic acids is 2. The molecule has 0 bridgehead atoms. The topological polar surface area (TPSA) is 282 Å². The quantitative estimate of drug-likeness (QED) is 0.0292. The monoisotopic (exact) mass is 1050 g/mol. The molecule has 25 heteroatoms. The number of benzene rings is 2. The number of fused-ring (bicyclic) bond motifs is 2. The molecule has 0 amide bonds. The molecule has 0 spiro atoms. The summed E-state index contributed by atoms with van der Waals surface area (Å²) < 4.78 is 72.1. The average molecular weight is 1050 g/mol. The Morgan fingerprint density at radius 2 is 1.04 bits per heavy atom. The lowest BCUT2D eigenvalue weighted by Gasteiger charge is -2.28. The molecule has 0 radical (unpaired) electrons. The van der Waals surface area contributed by atoms with Crippen LogP contribution in [-0.4, -0.2) is 96.1 Å². The maximum absolute atomic E-state index is 13.2. The number of anilines is 6. The van der Waals surface area contributed by atoms with E-state index in [0.717, 1.165) is 45.8 Å². The maximum Gasteiger partial charge on any atom is 0.297 e. The number of thioether (sulfide) groups is 1. The van der Waals surface area contributed by atoms with E-state index in [-0.39, 0.29) is 109 Å². The highest BCUT2D eigenvalue weighted by Gasteiger charge is 2.40. The van der Waals surface area contributed by atoms with E-state index >= 15 is 0 Å². The summed E-state index contributed by atoms with van der Waals surface area (Å²) in [6.45, 7) is 17.9. The molecule has 7 rings (SSSR count). The second-order valence-electron chi connectivity index (χ2n) is 18.2. The van der Waals surface area contributed by atoms with Crippen LogP contribution in [0, 0.1) is 10.8 Å². The normalized spacial score (nSPS) is 15.6. The van der Waals surface area contributed by atoms with Gasteiger partial charge in [-0.05, 0) is 98.9 Å². The van der Waals surface area contributed by atoms with Gasteiger partial charge in [0.25, 0.3) is 20.2 Å². The Morgan fingerprint density at radius 1 is 0.643 bits per heavy atom. The van der Waals surface area contributed by atoms with Crippen LogP contribution in [0.25, 0.3) is 0 Å². The van der Waals surface area contributed by atoms with Crippen LogP contribution in [0.2, 0.25) is 0 Å². The van der Waals surface area contributed by atoms with Crippen LogP contribution in [0.3, 0.4) is 0 Å². The second kappa shape index (κ2) is 20.8. The summed E-state index contributed by atoms with van der Waals surface area (Å²) in [6, 6.07) is 10.6. The first-order valence-corrected chi connectivity index (χ1v) is 28.0. The minimum atomic E-state index is -4.82. The van der Waals surface area contributed by atoms with Crippen molar-refractivity contribution in [3.05, 3.63) is 57.3 Å². The van der Waals surface area contributed by atoms with Crippen molar-refractivity contribution in [2.24, 2.45) is 31.3 Å². The molecule has 0 fully saturated rings. The molecular formula is C45H55N11O9S5. The lowest BCUT2D eigenvalue weighted by atomic mass is 9.76. The number of aromatic nitrogens is 3. The van der Waals surface area contributed by atoms with Gasteiger partial charge in [-0.1, -0.05) is 39.5 Å². The first kappa shape index (κ1) is 52.5. The number of aliphatic hydroxyl groups is 1. The lowest BCUT2D eigenvalue weighted by Crippen LogP contribution is -2.26. The van der Waals surface area contributed by atoms with Crippen LogP contribution in [0.1, 0.15) is 98.7 Å². The van der Waals surface area contributed by atoms with Crippen LogP contribution < -0.4 is 20.4 Å². The van der Waals surface area contributed by atoms with Crippen LogP contribution in [0.15, 0.2) is 71.8 Å². The molecule has 3 heterocycles. The van der Waals surface area contributed by atoms with Gasteiger partial charge in [0.05, 0.1) is 27.7 Å². The second-order valence-corrected chi connectivity index (χ2v) is 23.9. The summed E-state index contributed by atoms with van der Waals surface area (Å²) in [5.74, 6) is -0.195. The Hall–Kier alpha value is -5.28. The molecule has 5 N–H and O–H groups in total. The minimum Gasteiger partial charge on any atom is -0.396 e. The fourth-order valence-electron chi connectivity index (χ4n) is 8.52. The smallest absolute Gasteiger partial charge is 0.297 e. The number of azo groups is 2. The van der Waals surface area contributed by atoms with Gasteiger partial charge < -0.3 is 25.5 Å². The van der Waals surface area contributed by atoms with Crippen LogP contribution in [0.4, 0.5) is 56.0 Å². The van der Waals surface area contributed by atoms with Crippen molar-refractivity contribution in [3.8, 4) is 0 Å². The largest absolute Gasteiger partial charge is 0.396 e. The lowest BCUT2D eigenvalue weighted by molar-refractivity contribution is 0.0907. The summed E-state index contributed by atoms with van der Waals surface area (Å²) in [7, 11) is -9.63. The van der Waals surface area contributed by atoms with E-state index in [4.69, 9.17) is 4.98 Å². The van der Waals surface area contributed by atoms with E-state index in [2.05, 4.69) is 50.9 Å². The van der Waals surface area contributed by atoms with E-state index in [9.17, 15) is 40.6 Å². The van der Waals surface area contributed by atoms with Gasteiger partial charge in [0, 0.05) is 56.1 Å². The molecule has 0 aliphatic heterocycles. The summed E-state index contributed by atoms with van der Waals surface area (Å²) in [5, 5.41) is 33.8. The third-order valence-electron chi connectivity index (χ3n) is 11.6. The van der Waals surface area contributed by atoms with Crippen molar-refractivity contribution in [1.82, 2.24) is 15.0 Å². The molecule has 0 saturated heterocycles. The van der Waals surface area contributed by atoms with Crippen molar-refractivity contribution < 1.29 is 40.6 Å². The fourth-order valence-corrected chi connectivity index (χ4v) is 13.6. The predicted molar refractivity (Wildman–Crippen MR) is 274 cm³/mol. The van der Waals surface area contributed by atoms with Crippen molar-refractivity contribution in [3.63, 3.8) is 0 Å². The summed E-state index contributed by atoms with van der Waals surface area (Å²) in [4.78, 5) is 44.1. The number of rotatable bonds is 19. The van der Waals surface area contributed by atoms with E-state index < -0.39 is 40.9 Å². The van der Waals surface area contributed by atoms with Crippen molar-refractivity contribution >= 4 is 122 Å². The number of hydrogen-bond acceptors (Lipinski definition) is 21. The third-order valence-corrected chi connectivity index (χ3v) is 17.0. The Labute approximate surface area is 419 Å². The van der Waals surface area contributed by atoms with Gasteiger partial charge in [0.1, 0.15) is 21.2 Å². The molecule has 2 aliphatic rings. The zero-order valence-electron chi connectivity index (χ0n) is 39.9. The van der Waals surface area contributed by atoms with Gasteiger partial charge in [-0.15, -0.1) is 43.1 Å². The molecule has 0 saturated carbocycles. The highest BCUT2D eigenvalue weighted by molar-refractivity contribution is 7.99. The number of nitrogens with zero attached hydrogens (tertiary/aromatic N) is 9. The van der Waals surface area contributed by atoms with Crippen LogP contribution in [0.5, 0.6) is 0 Å². The summed E-state index contributed by atoms with van der Waals surface area (Å²) in [6.07, 6.45) is 0.882. The number of hydrogen-bond donors (Lipinski definition) is 5. The predicted octanol–water partition coefficient (Wildman–Crippen LogP) is 10.9. The number of Topliss-reactive ketones (excluding diaryl/α,β-unsaturated/α-hetero) is 2. The van der Waals surface area contributed by atoms with Gasteiger partial charge in [0.2, 0.25) is 11.9 Å². The zero-order chi connectivity index (χ0) is 50.9. The SMILES string of the molecule is CCN(CC)c1ccc(/N=N/c2sc3c(c2S(=O)(=O)O)CC(C)(C)CC3=O)c(Nc2nc(Nc3cc(N(CC)CC)ccc3/N=N/c3sc4c(c3S(=O)(=O)O)CC(C)(C)CC4=O)nc(SCCO)n2)c1. The van der Waals surface area contributed by atoms with Crippen molar-refractivity contribution in [1.29, 1.82) is 0 Å². The highest BCUT2D eigenvalue weighted by atomic mass is 32.2. The average Bonchev–Trinajstić information content (AvgIpc) is 3.84. The van der Waals surface area contributed by atoms with E-state index in [1.54, 1.807) is 24.3 Å². The van der Waals surface area contributed by atoms with Gasteiger partial charge >= 0.3 is 0 Å². The Morgan fingerprint density at radius 3 is 1.40 bits per heavy atom. The molecular weight excluding hydrogens is 999 g/mol. The molecule has 0 unspecified atom stereocenters. The molecule has 20 nitrogen and oxygen atoms in total. The molecule has 5 aromatic rings. The zero-order valence-corrected chi connectivity index (χ0v) is 44.0. The summed E-state index contributed by atoms with van der Waals surface area (Å²) in [5.41, 5.74) is 2.12. The number of ketones is 2. The van der Waals surface area contributed by atoms with Crippen molar-refractivity contribution in [2.45, 2.75) is 96.0 Å². The molecule has 0 atom stereocenters. The van der Waals surface area contributed by atoms with Crippen LogP contribution >= 0.6 is 34.4 Å². The van der Waals surface area contributed by atoms with Crippen LogP contribution in [-0.2, 0) is 33.1 Å². The Balaban J connectivity index is 1.31. The van der Waals surface area contributed by atoms with Gasteiger partial charge in [-0.25, -0.2) is 0 Å². The van der Waals surface area contributed by atoms with E-state index in [1.165, 1.54) is 0 Å². The third kappa shape index (κ3) is 11.7. The number of nitrogens with one attached hydrogen (secondary N) is 2. The molecule has 2 aliphatic carbocycles. The molecule has 70 heavy (non-hydrogen) atoms. The van der Waals surface area contributed by atoms with Crippen molar-refractivity contribution in [2.75, 3.05) is 59.0 Å². The highest BCUT2D eigenvalue weighted by Crippen LogP contribution is 2.49. The maximum atomic E-state index is 13.2. The summed E-state index contributed by atoms with van der Waals surface area (Å²) >= 11 is 2.87. The standard InChI is InChI=1S/C45H55N11O9S5/c1-9-55(10-2)25-13-15-29(51-53-39-37(69(60,61)62)27-21-44(5,6)23-33(58)35(27)67-39)31(19-25)46-41-48-42(50-43(49-41)66-18-17-57)47-32-20-26(56(11-3)12-4)14-16-30(32)52-54-40-38(70(63,64)65)28-22-45(7,8)24-34(59)36(28)68-40/h13-16,19-20,57H,9-12,17-18,21-24H2,1-8H3,(H,60,61,62)(H,63,64,65)(H2,46,47,48,49,50)/b53-51+,54-52+. The Bertz CT molecular complexity index is 2930. The van der Waals surface area contributed by atoms with E-state index in [0.29, 0.717) is 37.6 Å². The minimum absolute atomic E-state index is 0.0294. The first-order chi connectivity index (χ1) is 33.0. The molecule has 3 aromatic heterocycles. The van der Waals surface area contributed by atoms with Gasteiger partial charge in [-0.2, -0.15) is 31.8 Å². The first-order valence-electron chi connectivity index (χ1n) is 22.5. The van der Waals surface area contributed by atoms with Gasteiger partial charge in [0.15, 0.2) is 26.7 Å². The van der Waals surface area contributed by atoms with E-state index in [1.807, 2.05) is 67.5 Å². The number of carbonyl (C=O) groups is 2.